The molecule has 0 atom stereocenters. The third-order valence-corrected chi connectivity index (χ3v) is 4.15. The number of thiazole rings is 1. The van der Waals surface area contributed by atoms with Gasteiger partial charge in [-0.2, -0.15) is 5.10 Å². The molecule has 0 radical (unpaired) electrons. The van der Waals surface area contributed by atoms with Gasteiger partial charge in [0.15, 0.2) is 11.5 Å². The molecule has 0 bridgehead atoms. The highest BCUT2D eigenvalue weighted by Gasteiger charge is 2.13. The molecule has 0 aliphatic heterocycles. The Labute approximate surface area is 140 Å². The number of nitrogens with one attached hydrogen (secondary N) is 1. The van der Waals surface area contributed by atoms with Gasteiger partial charge in [-0.15, -0.1) is 11.3 Å². The Morgan fingerprint density at radius 3 is 2.35 bits per heavy atom. The second-order valence-corrected chi connectivity index (χ2v) is 5.92. The minimum Gasteiger partial charge on any atom is -0.493 e. The van der Waals surface area contributed by atoms with Gasteiger partial charge in [-0.1, -0.05) is 0 Å². The Morgan fingerprint density at radius 2 is 1.87 bits per heavy atom. The summed E-state index contributed by atoms with van der Waals surface area (Å²) in [6, 6.07) is 3.69. The van der Waals surface area contributed by atoms with Crippen LogP contribution < -0.4 is 19.6 Å². The number of rotatable bonds is 7. The van der Waals surface area contributed by atoms with E-state index in [2.05, 4.69) is 15.5 Å². The lowest BCUT2D eigenvalue weighted by Crippen LogP contribution is -2.00. The fourth-order valence-corrected chi connectivity index (χ4v) is 2.71. The number of hydrogen-bond acceptors (Lipinski definition) is 7. The lowest BCUT2D eigenvalue weighted by atomic mass is 10.2. The molecule has 0 saturated heterocycles. The standard InChI is InChI=1S/C16H21N3O3S/c1-6-22-15-13(20-4)7-12(8-14(15)21-5)9-17-19-16-18-10(2)11(3)23-16/h7-9H,6H2,1-5H3,(H,18,19)/b17-9-. The minimum absolute atomic E-state index is 0.532. The molecule has 0 saturated carbocycles. The maximum Gasteiger partial charge on any atom is 0.203 e. The normalized spacial score (nSPS) is 10.8. The van der Waals surface area contributed by atoms with Crippen LogP contribution in [0.15, 0.2) is 17.2 Å². The molecule has 0 fully saturated rings. The van der Waals surface area contributed by atoms with E-state index < -0.39 is 0 Å². The molecule has 1 aromatic heterocycles. The fourth-order valence-electron chi connectivity index (χ4n) is 1.94. The van der Waals surface area contributed by atoms with Gasteiger partial charge in [0.1, 0.15) is 0 Å². The molecule has 2 rings (SSSR count). The van der Waals surface area contributed by atoms with Crippen molar-refractivity contribution in [2.24, 2.45) is 5.10 Å². The Kier molecular flexibility index (Phi) is 5.81. The van der Waals surface area contributed by atoms with Crippen LogP contribution >= 0.6 is 11.3 Å². The molecular formula is C16H21N3O3S. The summed E-state index contributed by atoms with van der Waals surface area (Å²) in [6.07, 6.45) is 1.69. The van der Waals surface area contributed by atoms with E-state index in [0.29, 0.717) is 23.9 Å². The third-order valence-electron chi connectivity index (χ3n) is 3.17. The molecule has 0 aliphatic carbocycles. The SMILES string of the molecule is CCOc1c(OC)cc(/C=N\Nc2nc(C)c(C)s2)cc1OC. The topological polar surface area (TPSA) is 65.0 Å². The summed E-state index contributed by atoms with van der Waals surface area (Å²) in [5, 5.41) is 4.98. The first-order chi connectivity index (χ1) is 11.1. The lowest BCUT2D eigenvalue weighted by Gasteiger charge is -2.14. The van der Waals surface area contributed by atoms with E-state index in [0.717, 1.165) is 16.4 Å². The number of ether oxygens (including phenoxy) is 3. The van der Waals surface area contributed by atoms with Crippen molar-refractivity contribution in [2.75, 3.05) is 26.3 Å². The zero-order chi connectivity index (χ0) is 16.8. The van der Waals surface area contributed by atoms with Crippen molar-refractivity contribution < 1.29 is 14.2 Å². The first kappa shape index (κ1) is 17.1. The number of hydrogen-bond donors (Lipinski definition) is 1. The first-order valence-corrected chi connectivity index (χ1v) is 8.02. The molecule has 0 amide bonds. The zero-order valence-corrected chi connectivity index (χ0v) is 14.8. The number of nitrogens with zero attached hydrogens (tertiary/aromatic N) is 2. The second kappa shape index (κ2) is 7.82. The van der Waals surface area contributed by atoms with E-state index in [9.17, 15) is 0 Å². The molecule has 124 valence electrons. The van der Waals surface area contributed by atoms with Crippen molar-refractivity contribution in [2.45, 2.75) is 20.8 Å². The van der Waals surface area contributed by atoms with Gasteiger partial charge in [0.2, 0.25) is 10.9 Å². The number of anilines is 1. The third kappa shape index (κ3) is 4.13. The van der Waals surface area contributed by atoms with Crippen molar-refractivity contribution in [1.29, 1.82) is 0 Å². The van der Waals surface area contributed by atoms with Gasteiger partial charge in [0.05, 0.1) is 32.7 Å². The smallest absolute Gasteiger partial charge is 0.203 e. The second-order valence-electron chi connectivity index (χ2n) is 4.72. The van der Waals surface area contributed by atoms with Gasteiger partial charge >= 0.3 is 0 Å². The van der Waals surface area contributed by atoms with E-state index in [1.807, 2.05) is 32.9 Å². The number of aryl methyl sites for hydroxylation is 2. The zero-order valence-electron chi connectivity index (χ0n) is 14.0. The van der Waals surface area contributed by atoms with Crippen LogP contribution in [0.4, 0.5) is 5.13 Å². The molecule has 0 spiro atoms. The van der Waals surface area contributed by atoms with E-state index >= 15 is 0 Å². The summed E-state index contributed by atoms with van der Waals surface area (Å²) in [6.45, 7) is 6.45. The molecule has 1 N–H and O–H groups in total. The number of methoxy groups -OCH3 is 2. The summed E-state index contributed by atoms with van der Waals surface area (Å²) in [5.74, 6) is 1.80. The molecule has 0 aliphatic rings. The van der Waals surface area contributed by atoms with Crippen LogP contribution in [0.25, 0.3) is 0 Å². The molecule has 2 aromatic rings. The average Bonchev–Trinajstić information content (AvgIpc) is 2.86. The highest BCUT2D eigenvalue weighted by molar-refractivity contribution is 7.15. The summed E-state index contributed by atoms with van der Waals surface area (Å²) in [4.78, 5) is 5.54. The maximum atomic E-state index is 5.58. The van der Waals surface area contributed by atoms with Crippen LogP contribution in [-0.2, 0) is 0 Å². The molecule has 0 unspecified atom stereocenters. The molecule has 7 heteroatoms. The van der Waals surface area contributed by atoms with Gasteiger partial charge in [0, 0.05) is 10.4 Å². The van der Waals surface area contributed by atoms with Crippen molar-refractivity contribution in [3.63, 3.8) is 0 Å². The molecule has 1 heterocycles. The Morgan fingerprint density at radius 1 is 1.22 bits per heavy atom. The van der Waals surface area contributed by atoms with Crippen LogP contribution in [-0.4, -0.2) is 32.0 Å². The molecule has 1 aromatic carbocycles. The Balaban J connectivity index is 2.20. The molecular weight excluding hydrogens is 314 g/mol. The van der Waals surface area contributed by atoms with Gasteiger partial charge in [0.25, 0.3) is 0 Å². The molecule has 6 nitrogen and oxygen atoms in total. The van der Waals surface area contributed by atoms with Crippen molar-refractivity contribution >= 4 is 22.7 Å². The number of benzene rings is 1. The van der Waals surface area contributed by atoms with Gasteiger partial charge in [-0.3, -0.25) is 5.43 Å². The van der Waals surface area contributed by atoms with E-state index in [1.165, 1.54) is 4.88 Å². The summed E-state index contributed by atoms with van der Waals surface area (Å²) in [5.41, 5.74) is 4.78. The van der Waals surface area contributed by atoms with Gasteiger partial charge < -0.3 is 14.2 Å². The maximum absolute atomic E-state index is 5.58. The lowest BCUT2D eigenvalue weighted by molar-refractivity contribution is 0.288. The summed E-state index contributed by atoms with van der Waals surface area (Å²) in [7, 11) is 3.19. The predicted octanol–water partition coefficient (Wildman–Crippen LogP) is 3.62. The first-order valence-electron chi connectivity index (χ1n) is 7.21. The van der Waals surface area contributed by atoms with Crippen molar-refractivity contribution in [3.05, 3.63) is 28.3 Å². The predicted molar refractivity (Wildman–Crippen MR) is 93.5 cm³/mol. The van der Waals surface area contributed by atoms with Crippen LogP contribution in [0.2, 0.25) is 0 Å². The highest BCUT2D eigenvalue weighted by atomic mass is 32.1. The van der Waals surface area contributed by atoms with E-state index in [-0.39, 0.29) is 0 Å². The minimum atomic E-state index is 0.532. The highest BCUT2D eigenvalue weighted by Crippen LogP contribution is 2.38. The Hall–Kier alpha value is -2.28. The number of hydrazone groups is 1. The fraction of sp³-hybridized carbons (Fsp3) is 0.375. The average molecular weight is 335 g/mol. The monoisotopic (exact) mass is 335 g/mol. The van der Waals surface area contributed by atoms with E-state index in [1.54, 1.807) is 31.8 Å². The van der Waals surface area contributed by atoms with Crippen LogP contribution in [0.1, 0.15) is 23.1 Å². The van der Waals surface area contributed by atoms with Gasteiger partial charge in [-0.25, -0.2) is 4.98 Å². The van der Waals surface area contributed by atoms with Crippen LogP contribution in [0.3, 0.4) is 0 Å². The van der Waals surface area contributed by atoms with Crippen molar-refractivity contribution in [1.82, 2.24) is 4.98 Å². The van der Waals surface area contributed by atoms with E-state index in [4.69, 9.17) is 14.2 Å². The summed E-state index contributed by atoms with van der Waals surface area (Å²) < 4.78 is 16.3. The summed E-state index contributed by atoms with van der Waals surface area (Å²) >= 11 is 1.57. The quantitative estimate of drug-likeness (QED) is 0.618. The molecule has 23 heavy (non-hydrogen) atoms. The Bertz CT molecular complexity index is 653. The van der Waals surface area contributed by atoms with Crippen LogP contribution in [0.5, 0.6) is 17.2 Å². The largest absolute Gasteiger partial charge is 0.493 e. The number of aromatic nitrogens is 1. The van der Waals surface area contributed by atoms with Gasteiger partial charge in [-0.05, 0) is 32.9 Å². The van der Waals surface area contributed by atoms with Crippen LogP contribution in [0, 0.1) is 13.8 Å². The van der Waals surface area contributed by atoms with Crippen molar-refractivity contribution in [3.8, 4) is 17.2 Å².